The third-order valence-corrected chi connectivity index (χ3v) is 6.77. The van der Waals surface area contributed by atoms with Gasteiger partial charge in [-0.1, -0.05) is 30.3 Å². The predicted octanol–water partition coefficient (Wildman–Crippen LogP) is 5.20. The summed E-state index contributed by atoms with van der Waals surface area (Å²) in [5, 5.41) is 12.5. The maximum absolute atomic E-state index is 13.3. The van der Waals surface area contributed by atoms with Crippen molar-refractivity contribution in [2.45, 2.75) is 70.9 Å². The molecular formula is C29H35N3O5. The zero-order valence-corrected chi connectivity index (χ0v) is 21.6. The Kier molecular flexibility index (Phi) is 7.95. The van der Waals surface area contributed by atoms with Crippen LogP contribution in [0.15, 0.2) is 48.5 Å². The van der Waals surface area contributed by atoms with Crippen molar-refractivity contribution in [3.63, 3.8) is 0 Å². The molecule has 8 nitrogen and oxygen atoms in total. The van der Waals surface area contributed by atoms with E-state index in [1.165, 1.54) is 12.1 Å². The molecule has 0 unspecified atom stereocenters. The fourth-order valence-electron chi connectivity index (χ4n) is 4.93. The molecule has 4 rings (SSSR count). The van der Waals surface area contributed by atoms with Crippen LogP contribution in [0.25, 0.3) is 11.0 Å². The molecule has 1 amide bonds. The number of hydrogen-bond donors (Lipinski definition) is 3. The summed E-state index contributed by atoms with van der Waals surface area (Å²) in [5.74, 6) is -0.521. The van der Waals surface area contributed by atoms with Crippen LogP contribution < -0.4 is 5.32 Å². The minimum atomic E-state index is -1.01. The molecule has 3 N–H and O–H groups in total. The number of H-pyrrole nitrogens is 1. The number of esters is 1. The van der Waals surface area contributed by atoms with Crippen molar-refractivity contribution in [1.29, 1.82) is 0 Å². The van der Waals surface area contributed by atoms with Gasteiger partial charge in [0.25, 0.3) is 0 Å². The Hall–Kier alpha value is -3.68. The van der Waals surface area contributed by atoms with Crippen LogP contribution in [0.4, 0.5) is 0 Å². The van der Waals surface area contributed by atoms with Crippen molar-refractivity contribution >= 4 is 28.9 Å². The Morgan fingerprint density at radius 3 is 2.43 bits per heavy atom. The van der Waals surface area contributed by atoms with E-state index >= 15 is 0 Å². The molecule has 37 heavy (non-hydrogen) atoms. The lowest BCUT2D eigenvalue weighted by atomic mass is 9.80. The van der Waals surface area contributed by atoms with Gasteiger partial charge >= 0.3 is 11.9 Å². The van der Waals surface area contributed by atoms with E-state index in [1.54, 1.807) is 6.07 Å². The number of aromatic amines is 1. The number of hydrogen-bond acceptors (Lipinski definition) is 5. The van der Waals surface area contributed by atoms with E-state index in [0.29, 0.717) is 24.2 Å². The monoisotopic (exact) mass is 505 g/mol. The molecule has 1 aliphatic rings. The molecular weight excluding hydrogens is 470 g/mol. The summed E-state index contributed by atoms with van der Waals surface area (Å²) in [6.07, 6.45) is 4.00. The summed E-state index contributed by atoms with van der Waals surface area (Å²) < 4.78 is 5.46. The number of nitrogens with one attached hydrogen (secondary N) is 2. The van der Waals surface area contributed by atoms with Gasteiger partial charge < -0.3 is 20.1 Å². The minimum Gasteiger partial charge on any atom is -0.478 e. The Morgan fingerprint density at radius 2 is 1.78 bits per heavy atom. The highest BCUT2D eigenvalue weighted by Gasteiger charge is 2.30. The summed E-state index contributed by atoms with van der Waals surface area (Å²) >= 11 is 0. The third kappa shape index (κ3) is 7.18. The molecule has 0 aliphatic heterocycles. The van der Waals surface area contributed by atoms with Gasteiger partial charge in [0, 0.05) is 12.3 Å². The van der Waals surface area contributed by atoms with Crippen LogP contribution in [0.3, 0.4) is 0 Å². The number of carbonyl (C=O) groups is 3. The number of imidazole rings is 1. The number of benzene rings is 2. The van der Waals surface area contributed by atoms with Crippen LogP contribution in [0.2, 0.25) is 0 Å². The predicted molar refractivity (Wildman–Crippen MR) is 140 cm³/mol. The van der Waals surface area contributed by atoms with Gasteiger partial charge in [0.05, 0.1) is 22.6 Å². The Morgan fingerprint density at radius 1 is 1.08 bits per heavy atom. The molecule has 1 heterocycles. The number of carboxylic acids is 1. The maximum Gasteiger partial charge on any atom is 0.335 e. The van der Waals surface area contributed by atoms with Gasteiger partial charge in [-0.2, -0.15) is 0 Å². The van der Waals surface area contributed by atoms with Crippen LogP contribution in [0.1, 0.15) is 80.7 Å². The van der Waals surface area contributed by atoms with E-state index in [1.807, 2.05) is 51.1 Å². The van der Waals surface area contributed by atoms with E-state index in [2.05, 4.69) is 15.3 Å². The Bertz CT molecular complexity index is 1250. The summed E-state index contributed by atoms with van der Waals surface area (Å²) in [6.45, 7) is 5.60. The Balaban J connectivity index is 1.44. The van der Waals surface area contributed by atoms with E-state index in [0.717, 1.165) is 36.8 Å². The lowest BCUT2D eigenvalue weighted by Gasteiger charge is -2.29. The second-order valence-corrected chi connectivity index (χ2v) is 10.9. The molecule has 2 aromatic carbocycles. The standard InChI is InChI=1S/C29H35N3O5/c1-29(2,3)37-25(33)16-19-9-11-20(12-10-19)27(34)32-24(15-18-7-5-4-6-8-18)26-30-22-14-13-21(28(35)36)17-23(22)31-26/h4-8,13-14,17,19-20,24H,9-12,15-16H2,1-3H3,(H,30,31)(H,32,34)(H,35,36)/t19-,20-,24-/m0/s1. The van der Waals surface area contributed by atoms with Crippen LogP contribution >= 0.6 is 0 Å². The van der Waals surface area contributed by atoms with Gasteiger partial charge in [-0.05, 0) is 82.6 Å². The number of ether oxygens (including phenoxy) is 1. The highest BCUT2D eigenvalue weighted by molar-refractivity contribution is 5.92. The average Bonchev–Trinajstić information content (AvgIpc) is 3.27. The lowest BCUT2D eigenvalue weighted by Crippen LogP contribution is -2.37. The summed E-state index contributed by atoms with van der Waals surface area (Å²) in [4.78, 5) is 44.8. The molecule has 0 spiro atoms. The zero-order valence-electron chi connectivity index (χ0n) is 21.6. The first-order valence-electron chi connectivity index (χ1n) is 12.9. The molecule has 0 saturated heterocycles. The van der Waals surface area contributed by atoms with Crippen molar-refractivity contribution in [3.8, 4) is 0 Å². The molecule has 0 radical (unpaired) electrons. The molecule has 1 saturated carbocycles. The van der Waals surface area contributed by atoms with Gasteiger partial charge in [0.2, 0.25) is 5.91 Å². The van der Waals surface area contributed by atoms with Gasteiger partial charge in [-0.25, -0.2) is 9.78 Å². The molecule has 3 aromatic rings. The van der Waals surface area contributed by atoms with Crippen molar-refractivity contribution < 1.29 is 24.2 Å². The van der Waals surface area contributed by atoms with Crippen LogP contribution in [-0.2, 0) is 20.7 Å². The van der Waals surface area contributed by atoms with Crippen molar-refractivity contribution in [2.75, 3.05) is 0 Å². The number of carbonyl (C=O) groups excluding carboxylic acids is 2. The van der Waals surface area contributed by atoms with Crippen molar-refractivity contribution in [2.24, 2.45) is 11.8 Å². The number of aromatic nitrogens is 2. The number of amides is 1. The van der Waals surface area contributed by atoms with E-state index in [4.69, 9.17) is 4.74 Å². The largest absolute Gasteiger partial charge is 0.478 e. The highest BCUT2D eigenvalue weighted by atomic mass is 16.6. The van der Waals surface area contributed by atoms with E-state index in [-0.39, 0.29) is 29.3 Å². The quantitative estimate of drug-likeness (QED) is 0.362. The normalized spacial score (nSPS) is 18.8. The lowest BCUT2D eigenvalue weighted by molar-refractivity contribution is -0.156. The van der Waals surface area contributed by atoms with Gasteiger partial charge in [-0.15, -0.1) is 0 Å². The number of carboxylic acid groups (broad SMARTS) is 1. The van der Waals surface area contributed by atoms with Crippen LogP contribution in [0, 0.1) is 11.8 Å². The highest BCUT2D eigenvalue weighted by Crippen LogP contribution is 2.32. The second-order valence-electron chi connectivity index (χ2n) is 10.9. The number of nitrogens with zero attached hydrogens (tertiary/aromatic N) is 1. The fourth-order valence-corrected chi connectivity index (χ4v) is 4.93. The molecule has 1 atom stereocenters. The maximum atomic E-state index is 13.3. The summed E-state index contributed by atoms with van der Waals surface area (Å²) in [6, 6.07) is 14.2. The molecule has 0 bridgehead atoms. The summed E-state index contributed by atoms with van der Waals surface area (Å²) in [7, 11) is 0. The first-order chi connectivity index (χ1) is 17.6. The van der Waals surface area contributed by atoms with Crippen LogP contribution in [0.5, 0.6) is 0 Å². The van der Waals surface area contributed by atoms with Crippen LogP contribution in [-0.4, -0.2) is 38.5 Å². The van der Waals surface area contributed by atoms with E-state index in [9.17, 15) is 19.5 Å². The summed E-state index contributed by atoms with van der Waals surface area (Å²) in [5.41, 5.74) is 1.99. The third-order valence-electron chi connectivity index (χ3n) is 6.77. The van der Waals surface area contributed by atoms with E-state index < -0.39 is 17.6 Å². The smallest absolute Gasteiger partial charge is 0.335 e. The first kappa shape index (κ1) is 26.4. The molecule has 1 aliphatic carbocycles. The number of aromatic carboxylic acids is 1. The fraction of sp³-hybridized carbons (Fsp3) is 0.448. The van der Waals surface area contributed by atoms with Crippen molar-refractivity contribution in [3.05, 3.63) is 65.5 Å². The molecule has 1 fully saturated rings. The van der Waals surface area contributed by atoms with Gasteiger partial charge in [-0.3, -0.25) is 9.59 Å². The second kappa shape index (κ2) is 11.2. The topological polar surface area (TPSA) is 121 Å². The zero-order chi connectivity index (χ0) is 26.6. The molecule has 1 aromatic heterocycles. The minimum absolute atomic E-state index is 0.0247. The Labute approximate surface area is 216 Å². The van der Waals surface area contributed by atoms with Crippen molar-refractivity contribution in [1.82, 2.24) is 15.3 Å². The average molecular weight is 506 g/mol. The number of fused-ring (bicyclic) bond motifs is 1. The molecule has 196 valence electrons. The SMILES string of the molecule is CC(C)(C)OC(=O)C[C@H]1CC[C@H](C(=O)N[C@@H](Cc2ccccc2)c2nc3cc(C(=O)O)ccc3[nH]2)CC1. The number of rotatable bonds is 8. The van der Waals surface area contributed by atoms with Gasteiger partial charge in [0.15, 0.2) is 0 Å². The molecule has 8 heteroatoms. The van der Waals surface area contributed by atoms with Gasteiger partial charge in [0.1, 0.15) is 11.4 Å². The first-order valence-corrected chi connectivity index (χ1v) is 12.9.